The van der Waals surface area contributed by atoms with Crippen LogP contribution in [0.2, 0.25) is 0 Å². The first-order chi connectivity index (χ1) is 9.95. The van der Waals surface area contributed by atoms with E-state index in [4.69, 9.17) is 5.73 Å². The summed E-state index contributed by atoms with van der Waals surface area (Å²) in [5.74, 6) is -0.676. The predicted molar refractivity (Wildman–Crippen MR) is 82.6 cm³/mol. The van der Waals surface area contributed by atoms with Gasteiger partial charge in [0, 0.05) is 11.4 Å². The summed E-state index contributed by atoms with van der Waals surface area (Å²) in [6.07, 6.45) is 0. The highest BCUT2D eigenvalue weighted by atomic mass is 32.1. The Hall–Kier alpha value is -1.99. The molecule has 0 aliphatic carbocycles. The van der Waals surface area contributed by atoms with Crippen molar-refractivity contribution in [3.05, 3.63) is 40.1 Å². The first kappa shape index (κ1) is 15.4. The maximum absolute atomic E-state index is 13.1. The second kappa shape index (κ2) is 6.64. The van der Waals surface area contributed by atoms with Crippen LogP contribution in [0.1, 0.15) is 10.6 Å². The summed E-state index contributed by atoms with van der Waals surface area (Å²) in [7, 11) is 1.84. The zero-order chi connectivity index (χ0) is 15.4. The first-order valence-electron chi connectivity index (χ1n) is 6.38. The SMILES string of the molecule is Cc1ncsc1CN(C)CC(=O)Nc1cc(F)ccc1N. The lowest BCUT2D eigenvalue weighted by molar-refractivity contribution is -0.117. The fourth-order valence-corrected chi connectivity index (χ4v) is 2.71. The number of hydrogen-bond acceptors (Lipinski definition) is 5. The fourth-order valence-electron chi connectivity index (χ4n) is 1.85. The number of rotatable bonds is 5. The van der Waals surface area contributed by atoms with Gasteiger partial charge in [0.2, 0.25) is 5.91 Å². The number of nitrogens with zero attached hydrogens (tertiary/aromatic N) is 2. The third-order valence-electron chi connectivity index (χ3n) is 2.96. The molecular weight excluding hydrogens is 291 g/mol. The van der Waals surface area contributed by atoms with Crippen LogP contribution < -0.4 is 11.1 Å². The van der Waals surface area contributed by atoms with E-state index in [2.05, 4.69) is 10.3 Å². The van der Waals surface area contributed by atoms with Crippen molar-refractivity contribution in [2.24, 2.45) is 0 Å². The van der Waals surface area contributed by atoms with Crippen LogP contribution in [-0.4, -0.2) is 29.4 Å². The van der Waals surface area contributed by atoms with Gasteiger partial charge in [-0.3, -0.25) is 9.69 Å². The van der Waals surface area contributed by atoms with Gasteiger partial charge in [-0.2, -0.15) is 0 Å². The number of carbonyl (C=O) groups is 1. The molecule has 2 aromatic rings. The Labute approximate surface area is 126 Å². The Balaban J connectivity index is 1.92. The average Bonchev–Trinajstić information content (AvgIpc) is 2.79. The fraction of sp³-hybridized carbons (Fsp3) is 0.286. The quantitative estimate of drug-likeness (QED) is 0.831. The summed E-state index contributed by atoms with van der Waals surface area (Å²) in [5, 5.41) is 2.62. The number of anilines is 2. The molecule has 0 saturated carbocycles. The van der Waals surface area contributed by atoms with E-state index in [-0.39, 0.29) is 12.5 Å². The molecule has 0 aliphatic heterocycles. The molecule has 0 fully saturated rings. The van der Waals surface area contributed by atoms with Gasteiger partial charge >= 0.3 is 0 Å². The number of nitrogens with one attached hydrogen (secondary N) is 1. The summed E-state index contributed by atoms with van der Waals surface area (Å²) >= 11 is 1.56. The Kier molecular flexibility index (Phi) is 4.87. The minimum Gasteiger partial charge on any atom is -0.397 e. The van der Waals surface area contributed by atoms with Gasteiger partial charge in [-0.15, -0.1) is 11.3 Å². The standard InChI is InChI=1S/C14H17FN4OS/c1-9-13(21-8-17-9)6-19(2)7-14(20)18-12-5-10(15)3-4-11(12)16/h3-5,8H,6-7,16H2,1-2H3,(H,18,20). The molecule has 1 aromatic carbocycles. The van der Waals surface area contributed by atoms with E-state index in [1.54, 1.807) is 16.8 Å². The molecule has 1 amide bonds. The second-order valence-corrected chi connectivity index (χ2v) is 5.75. The molecule has 0 bridgehead atoms. The van der Waals surface area contributed by atoms with Gasteiger partial charge in [0.25, 0.3) is 0 Å². The topological polar surface area (TPSA) is 71.2 Å². The molecule has 3 N–H and O–H groups in total. The predicted octanol–water partition coefficient (Wildman–Crippen LogP) is 2.24. The summed E-state index contributed by atoms with van der Waals surface area (Å²) in [6, 6.07) is 3.89. The Morgan fingerprint density at radius 2 is 2.29 bits per heavy atom. The molecule has 0 unspecified atom stereocenters. The number of benzene rings is 1. The molecule has 0 radical (unpaired) electrons. The molecule has 0 atom stereocenters. The van der Waals surface area contributed by atoms with Crippen molar-refractivity contribution in [1.82, 2.24) is 9.88 Å². The molecule has 0 aliphatic rings. The van der Waals surface area contributed by atoms with Crippen molar-refractivity contribution in [1.29, 1.82) is 0 Å². The van der Waals surface area contributed by atoms with Gasteiger partial charge in [-0.1, -0.05) is 0 Å². The smallest absolute Gasteiger partial charge is 0.238 e. The molecule has 2 rings (SSSR count). The number of hydrogen-bond donors (Lipinski definition) is 2. The van der Waals surface area contributed by atoms with Crippen LogP contribution in [0.15, 0.2) is 23.7 Å². The highest BCUT2D eigenvalue weighted by Crippen LogP contribution is 2.19. The zero-order valence-electron chi connectivity index (χ0n) is 11.9. The van der Waals surface area contributed by atoms with Crippen LogP contribution in [0.25, 0.3) is 0 Å². The molecule has 7 heteroatoms. The van der Waals surface area contributed by atoms with Crippen LogP contribution >= 0.6 is 11.3 Å². The molecule has 1 aromatic heterocycles. The lowest BCUT2D eigenvalue weighted by atomic mass is 10.2. The van der Waals surface area contributed by atoms with E-state index in [1.807, 2.05) is 18.9 Å². The third kappa shape index (κ3) is 4.24. The summed E-state index contributed by atoms with van der Waals surface area (Å²) in [5.41, 5.74) is 9.09. The number of amides is 1. The van der Waals surface area contributed by atoms with Crippen molar-refractivity contribution in [2.75, 3.05) is 24.6 Å². The van der Waals surface area contributed by atoms with Gasteiger partial charge < -0.3 is 11.1 Å². The average molecular weight is 308 g/mol. The van der Waals surface area contributed by atoms with Gasteiger partial charge in [0.05, 0.1) is 29.1 Å². The van der Waals surface area contributed by atoms with Crippen molar-refractivity contribution in [2.45, 2.75) is 13.5 Å². The second-order valence-electron chi connectivity index (χ2n) is 4.81. The number of nitrogen functional groups attached to an aromatic ring is 1. The maximum atomic E-state index is 13.1. The van der Waals surface area contributed by atoms with E-state index in [0.717, 1.165) is 10.6 Å². The van der Waals surface area contributed by atoms with Crippen LogP contribution in [-0.2, 0) is 11.3 Å². The number of aryl methyl sites for hydroxylation is 1. The van der Waals surface area contributed by atoms with E-state index in [0.29, 0.717) is 17.9 Å². The largest absolute Gasteiger partial charge is 0.397 e. The van der Waals surface area contributed by atoms with Gasteiger partial charge in [-0.25, -0.2) is 9.37 Å². The number of thiazole rings is 1. The van der Waals surface area contributed by atoms with Crippen molar-refractivity contribution in [3.63, 3.8) is 0 Å². The van der Waals surface area contributed by atoms with Crippen LogP contribution in [0.5, 0.6) is 0 Å². The minimum atomic E-state index is -0.437. The molecule has 5 nitrogen and oxygen atoms in total. The van der Waals surface area contributed by atoms with Gasteiger partial charge in [-0.05, 0) is 32.2 Å². The molecular formula is C14H17FN4OS. The van der Waals surface area contributed by atoms with E-state index in [1.165, 1.54) is 18.2 Å². The van der Waals surface area contributed by atoms with E-state index in [9.17, 15) is 9.18 Å². The van der Waals surface area contributed by atoms with Crippen LogP contribution in [0, 0.1) is 12.7 Å². The lowest BCUT2D eigenvalue weighted by Crippen LogP contribution is -2.30. The number of likely N-dealkylation sites (N-methyl/N-ethyl adjacent to an activating group) is 1. The number of nitrogens with two attached hydrogens (primary N) is 1. The minimum absolute atomic E-state index is 0.188. The van der Waals surface area contributed by atoms with Crippen LogP contribution in [0.3, 0.4) is 0 Å². The molecule has 112 valence electrons. The normalized spacial score (nSPS) is 10.9. The van der Waals surface area contributed by atoms with Crippen LogP contribution in [0.4, 0.5) is 15.8 Å². The maximum Gasteiger partial charge on any atom is 0.238 e. The number of halogens is 1. The Bertz CT molecular complexity index is 644. The number of carbonyl (C=O) groups excluding carboxylic acids is 1. The monoisotopic (exact) mass is 308 g/mol. The lowest BCUT2D eigenvalue weighted by Gasteiger charge is -2.16. The Morgan fingerprint density at radius 3 is 2.95 bits per heavy atom. The van der Waals surface area contributed by atoms with Crippen molar-refractivity contribution in [3.8, 4) is 0 Å². The number of aromatic nitrogens is 1. The first-order valence-corrected chi connectivity index (χ1v) is 7.26. The van der Waals surface area contributed by atoms with Gasteiger partial charge in [0.15, 0.2) is 0 Å². The summed E-state index contributed by atoms with van der Waals surface area (Å²) in [6.45, 7) is 2.77. The summed E-state index contributed by atoms with van der Waals surface area (Å²) in [4.78, 5) is 19.1. The zero-order valence-corrected chi connectivity index (χ0v) is 12.7. The summed E-state index contributed by atoms with van der Waals surface area (Å²) < 4.78 is 13.1. The highest BCUT2D eigenvalue weighted by molar-refractivity contribution is 7.09. The van der Waals surface area contributed by atoms with E-state index < -0.39 is 5.82 Å². The highest BCUT2D eigenvalue weighted by Gasteiger charge is 2.11. The molecule has 0 spiro atoms. The molecule has 21 heavy (non-hydrogen) atoms. The third-order valence-corrected chi connectivity index (χ3v) is 3.88. The molecule has 1 heterocycles. The Morgan fingerprint density at radius 1 is 1.52 bits per heavy atom. The van der Waals surface area contributed by atoms with E-state index >= 15 is 0 Å². The van der Waals surface area contributed by atoms with Gasteiger partial charge in [0.1, 0.15) is 5.82 Å². The van der Waals surface area contributed by atoms with Crippen molar-refractivity contribution >= 4 is 28.6 Å². The van der Waals surface area contributed by atoms with Crippen molar-refractivity contribution < 1.29 is 9.18 Å². The molecule has 0 saturated heterocycles.